The molecule has 0 aromatic carbocycles. The van der Waals surface area contributed by atoms with Crippen molar-refractivity contribution in [1.29, 1.82) is 0 Å². The molecule has 2 aliphatic heterocycles. The monoisotopic (exact) mass is 344 g/mol. The third kappa shape index (κ3) is 2.29. The number of aliphatic hydroxyl groups excluding tert-OH is 1. The van der Waals surface area contributed by atoms with E-state index in [4.69, 9.17) is 15.0 Å². The van der Waals surface area contributed by atoms with Crippen LogP contribution in [0.1, 0.15) is 6.23 Å². The van der Waals surface area contributed by atoms with Gasteiger partial charge in [0.1, 0.15) is 24.1 Å². The minimum absolute atomic E-state index is 0.133. The van der Waals surface area contributed by atoms with Crippen molar-refractivity contribution < 1.29 is 28.3 Å². The summed E-state index contributed by atoms with van der Waals surface area (Å²) in [5, 5.41) is 10.4. The van der Waals surface area contributed by atoms with E-state index in [0.717, 1.165) is 0 Å². The minimum Gasteiger partial charge on any atom is -0.386 e. The van der Waals surface area contributed by atoms with Gasteiger partial charge in [0.15, 0.2) is 11.7 Å². The number of aromatic nitrogens is 3. The number of nitrogens with two attached hydrogens (primary N) is 1. The second-order valence-corrected chi connectivity index (χ2v) is 6.74. The molecule has 1 unspecified atom stereocenters. The molecule has 4 rings (SSSR count). The lowest BCUT2D eigenvalue weighted by atomic mass is 10.1. The summed E-state index contributed by atoms with van der Waals surface area (Å²) in [5.74, 6) is 0.133. The number of pyridine rings is 1. The molecule has 12 heteroatoms. The van der Waals surface area contributed by atoms with Crippen LogP contribution in [0.5, 0.6) is 0 Å². The van der Waals surface area contributed by atoms with Crippen molar-refractivity contribution in [3.8, 4) is 0 Å². The first kappa shape index (κ1) is 14.8. The second-order valence-electron chi connectivity index (χ2n) is 5.33. The first-order valence-electron chi connectivity index (χ1n) is 6.70. The van der Waals surface area contributed by atoms with Crippen LogP contribution in [0.25, 0.3) is 11.0 Å². The Morgan fingerprint density at radius 1 is 1.52 bits per heavy atom. The Morgan fingerprint density at radius 3 is 3.09 bits per heavy atom. The van der Waals surface area contributed by atoms with Crippen molar-refractivity contribution in [2.24, 2.45) is 0 Å². The molecule has 0 radical (unpaired) electrons. The molecule has 0 aliphatic carbocycles. The first-order valence-corrected chi connectivity index (χ1v) is 8.20. The average molecular weight is 344 g/mol. The number of aromatic amines is 1. The topological polar surface area (TPSA) is 162 Å². The Labute approximate surface area is 128 Å². The van der Waals surface area contributed by atoms with Gasteiger partial charge in [0.2, 0.25) is 0 Å². The van der Waals surface area contributed by atoms with E-state index >= 15 is 0 Å². The summed E-state index contributed by atoms with van der Waals surface area (Å²) < 4.78 is 28.1. The summed E-state index contributed by atoms with van der Waals surface area (Å²) in [4.78, 5) is 27.6. The molecule has 23 heavy (non-hydrogen) atoms. The van der Waals surface area contributed by atoms with Gasteiger partial charge in [-0.2, -0.15) is 0 Å². The number of phosphoric acid groups is 1. The molecule has 0 amide bonds. The number of H-pyrrole nitrogens is 1. The number of fused-ring (bicyclic) bond motifs is 2. The van der Waals surface area contributed by atoms with Crippen molar-refractivity contribution >= 4 is 24.7 Å². The molecule has 0 saturated carbocycles. The molecule has 2 aliphatic rings. The van der Waals surface area contributed by atoms with Gasteiger partial charge in [0.05, 0.1) is 18.5 Å². The molecule has 2 aromatic heterocycles. The summed E-state index contributed by atoms with van der Waals surface area (Å²) in [6, 6.07) is 1.48. The summed E-state index contributed by atoms with van der Waals surface area (Å²) in [6.07, 6.45) is -2.63. The van der Waals surface area contributed by atoms with Crippen LogP contribution in [-0.4, -0.2) is 49.5 Å². The Balaban J connectivity index is 1.75. The third-order valence-corrected chi connectivity index (χ3v) is 4.82. The van der Waals surface area contributed by atoms with Crippen LogP contribution < -0.4 is 11.3 Å². The van der Waals surface area contributed by atoms with E-state index in [-0.39, 0.29) is 17.9 Å². The fourth-order valence-electron chi connectivity index (χ4n) is 2.83. The van der Waals surface area contributed by atoms with Crippen LogP contribution in [0.4, 0.5) is 5.82 Å². The molecule has 124 valence electrons. The number of ether oxygens (including phenoxy) is 1. The predicted molar refractivity (Wildman–Crippen MR) is 75.3 cm³/mol. The number of nitrogen functional groups attached to an aromatic ring is 1. The molecule has 0 bridgehead atoms. The van der Waals surface area contributed by atoms with E-state index < -0.39 is 37.9 Å². The molecule has 5 atom stereocenters. The molecule has 5 N–H and O–H groups in total. The zero-order chi connectivity index (χ0) is 16.4. The highest BCUT2D eigenvalue weighted by Gasteiger charge is 2.52. The van der Waals surface area contributed by atoms with Gasteiger partial charge >= 0.3 is 7.82 Å². The van der Waals surface area contributed by atoms with Gasteiger partial charge < -0.3 is 30.0 Å². The van der Waals surface area contributed by atoms with Crippen LogP contribution in [0.2, 0.25) is 0 Å². The summed E-state index contributed by atoms with van der Waals surface area (Å²) in [6.45, 7) is -0.193. The van der Waals surface area contributed by atoms with Crippen LogP contribution >= 0.6 is 7.82 Å². The average Bonchev–Trinajstić information content (AvgIpc) is 3.00. The Hall–Kier alpha value is -1.75. The number of aliphatic hydroxyl groups is 1. The lowest BCUT2D eigenvalue weighted by molar-refractivity contribution is -0.0663. The first-order chi connectivity index (χ1) is 10.9. The number of nitrogens with zero attached hydrogens (tertiary/aromatic N) is 2. The van der Waals surface area contributed by atoms with Crippen molar-refractivity contribution in [1.82, 2.24) is 14.5 Å². The van der Waals surface area contributed by atoms with Gasteiger partial charge in [-0.1, -0.05) is 0 Å². The van der Waals surface area contributed by atoms with Gasteiger partial charge in [-0.05, 0) is 0 Å². The van der Waals surface area contributed by atoms with Gasteiger partial charge in [0.25, 0.3) is 5.56 Å². The van der Waals surface area contributed by atoms with E-state index in [1.807, 2.05) is 0 Å². The minimum atomic E-state index is -4.20. The zero-order valence-corrected chi connectivity index (χ0v) is 12.4. The SMILES string of the molecule is Nc1cc2c(ncn2[C@@H]2O[C@@H]3COP(=O)(O)O[C@H]3[C@H]2O)c(=O)[nH]1. The smallest absolute Gasteiger partial charge is 0.386 e. The normalized spacial score (nSPS) is 37.1. The van der Waals surface area contributed by atoms with E-state index in [0.29, 0.717) is 5.52 Å². The van der Waals surface area contributed by atoms with Crippen molar-refractivity contribution in [2.75, 3.05) is 12.3 Å². The Kier molecular flexibility index (Phi) is 3.14. The number of nitrogens with one attached hydrogen (secondary N) is 1. The standard InChI is InChI=1S/C11H13N4O7P/c12-6-1-4-7(10(17)14-6)13-3-15(4)11-8(16)9-5(21-11)2-20-23(18,19)22-9/h1,3,5,8-9,11,16H,2H2,(H,18,19)(H3,12,14,17)/t5-,8-,9-,11-/m1/s1. The maximum Gasteiger partial charge on any atom is 0.472 e. The molecular formula is C11H13N4O7P. The van der Waals surface area contributed by atoms with Crippen molar-refractivity contribution in [2.45, 2.75) is 24.5 Å². The number of hydrogen-bond donors (Lipinski definition) is 4. The fourth-order valence-corrected chi connectivity index (χ4v) is 3.79. The summed E-state index contributed by atoms with van der Waals surface area (Å²) in [5.41, 5.74) is 5.65. The second kappa shape index (κ2) is 4.87. The highest BCUT2D eigenvalue weighted by molar-refractivity contribution is 7.47. The molecular weight excluding hydrogens is 331 g/mol. The molecule has 4 heterocycles. The largest absolute Gasteiger partial charge is 0.472 e. The summed E-state index contributed by atoms with van der Waals surface area (Å²) in [7, 11) is -4.20. The molecule has 11 nitrogen and oxygen atoms in total. The van der Waals surface area contributed by atoms with E-state index in [1.165, 1.54) is 17.0 Å². The van der Waals surface area contributed by atoms with Crippen LogP contribution in [0.3, 0.4) is 0 Å². The number of anilines is 1. The number of imidazole rings is 1. The van der Waals surface area contributed by atoms with Crippen molar-refractivity contribution in [3.05, 3.63) is 22.7 Å². The van der Waals surface area contributed by atoms with E-state index in [1.54, 1.807) is 0 Å². The quantitative estimate of drug-likeness (QED) is 0.479. The molecule has 2 saturated heterocycles. The number of hydrogen-bond acceptors (Lipinski definition) is 8. The molecule has 0 spiro atoms. The van der Waals surface area contributed by atoms with Gasteiger partial charge in [-0.15, -0.1) is 0 Å². The summed E-state index contributed by atoms with van der Waals surface area (Å²) >= 11 is 0. The van der Waals surface area contributed by atoms with E-state index in [9.17, 15) is 19.4 Å². The van der Waals surface area contributed by atoms with Gasteiger partial charge in [-0.25, -0.2) is 9.55 Å². The van der Waals surface area contributed by atoms with Crippen LogP contribution in [0.15, 0.2) is 17.2 Å². The molecule has 2 fully saturated rings. The van der Waals surface area contributed by atoms with Crippen LogP contribution in [-0.2, 0) is 18.3 Å². The maximum absolute atomic E-state index is 11.8. The maximum atomic E-state index is 11.8. The Morgan fingerprint density at radius 2 is 2.30 bits per heavy atom. The molecule has 2 aromatic rings. The fraction of sp³-hybridized carbons (Fsp3) is 0.455. The lowest BCUT2D eigenvalue weighted by Crippen LogP contribution is -2.39. The zero-order valence-electron chi connectivity index (χ0n) is 11.5. The predicted octanol–water partition coefficient (Wildman–Crippen LogP) is -0.919. The highest BCUT2D eigenvalue weighted by atomic mass is 31.2. The van der Waals surface area contributed by atoms with Gasteiger partial charge in [0, 0.05) is 6.07 Å². The van der Waals surface area contributed by atoms with E-state index in [2.05, 4.69) is 14.5 Å². The van der Waals surface area contributed by atoms with Crippen molar-refractivity contribution in [3.63, 3.8) is 0 Å². The number of phosphoric ester groups is 1. The Bertz CT molecular complexity index is 879. The van der Waals surface area contributed by atoms with Gasteiger partial charge in [-0.3, -0.25) is 13.8 Å². The lowest BCUT2D eigenvalue weighted by Gasteiger charge is -2.27. The number of rotatable bonds is 1. The highest BCUT2D eigenvalue weighted by Crippen LogP contribution is 2.52. The third-order valence-electron chi connectivity index (χ3n) is 3.84. The van der Waals surface area contributed by atoms with Crippen LogP contribution in [0, 0.1) is 0 Å².